The predicted octanol–water partition coefficient (Wildman–Crippen LogP) is 0.600. The Morgan fingerprint density at radius 1 is 1.33 bits per heavy atom. The molecule has 1 aromatic heterocycles. The largest absolute Gasteiger partial charge is 0.481 e. The van der Waals surface area contributed by atoms with E-state index in [1.54, 1.807) is 4.57 Å². The minimum Gasteiger partial charge on any atom is -0.481 e. The molecular formula is C11H15ClN2O4. The van der Waals surface area contributed by atoms with E-state index in [0.29, 0.717) is 12.4 Å². The van der Waals surface area contributed by atoms with Crippen LogP contribution in [-0.4, -0.2) is 31.2 Å². The first-order valence-electron chi connectivity index (χ1n) is 4.99. The van der Waals surface area contributed by atoms with Gasteiger partial charge in [-0.25, -0.2) is 4.98 Å². The van der Waals surface area contributed by atoms with Gasteiger partial charge in [0.05, 0.1) is 17.5 Å². The van der Waals surface area contributed by atoms with Gasteiger partial charge in [0, 0.05) is 6.54 Å². The SMILES string of the molecule is Cl.O.O=C(O)CCn1c(CO)nc2ccccc21. The van der Waals surface area contributed by atoms with Crippen LogP contribution < -0.4 is 0 Å². The van der Waals surface area contributed by atoms with Crippen LogP contribution in [0.2, 0.25) is 0 Å². The summed E-state index contributed by atoms with van der Waals surface area (Å²) in [6.07, 6.45) is 0.0212. The van der Waals surface area contributed by atoms with Crippen molar-refractivity contribution in [3.8, 4) is 0 Å². The smallest absolute Gasteiger partial charge is 0.305 e. The molecule has 0 aliphatic heterocycles. The molecule has 7 heteroatoms. The van der Waals surface area contributed by atoms with Gasteiger partial charge in [-0.1, -0.05) is 12.1 Å². The Bertz CT molecular complexity index is 527. The average Bonchev–Trinajstić information content (AvgIpc) is 2.64. The lowest BCUT2D eigenvalue weighted by Crippen LogP contribution is -2.08. The molecule has 0 atom stereocenters. The van der Waals surface area contributed by atoms with E-state index in [9.17, 15) is 4.79 Å². The number of imidazole rings is 1. The maximum atomic E-state index is 10.5. The summed E-state index contributed by atoms with van der Waals surface area (Å²) in [4.78, 5) is 14.8. The van der Waals surface area contributed by atoms with Gasteiger partial charge >= 0.3 is 5.97 Å². The molecule has 4 N–H and O–H groups in total. The van der Waals surface area contributed by atoms with Crippen LogP contribution in [0.15, 0.2) is 24.3 Å². The zero-order valence-electron chi connectivity index (χ0n) is 9.54. The number of aryl methyl sites for hydroxylation is 1. The maximum Gasteiger partial charge on any atom is 0.305 e. The van der Waals surface area contributed by atoms with Gasteiger partial charge < -0.3 is 20.3 Å². The Labute approximate surface area is 110 Å². The van der Waals surface area contributed by atoms with Gasteiger partial charge in [-0.05, 0) is 12.1 Å². The van der Waals surface area contributed by atoms with Crippen LogP contribution in [0.1, 0.15) is 12.2 Å². The van der Waals surface area contributed by atoms with Crippen molar-refractivity contribution in [3.05, 3.63) is 30.1 Å². The second-order valence-corrected chi connectivity index (χ2v) is 3.47. The molecule has 0 radical (unpaired) electrons. The topological polar surface area (TPSA) is 107 Å². The molecule has 1 heterocycles. The molecule has 0 spiro atoms. The number of hydrogen-bond acceptors (Lipinski definition) is 3. The summed E-state index contributed by atoms with van der Waals surface area (Å²) in [5, 5.41) is 17.8. The molecule has 18 heavy (non-hydrogen) atoms. The summed E-state index contributed by atoms with van der Waals surface area (Å²) in [5.74, 6) is -0.357. The predicted molar refractivity (Wildman–Crippen MR) is 68.8 cm³/mol. The van der Waals surface area contributed by atoms with Gasteiger partial charge in [0.15, 0.2) is 0 Å². The first-order valence-corrected chi connectivity index (χ1v) is 4.99. The van der Waals surface area contributed by atoms with Crippen molar-refractivity contribution in [1.29, 1.82) is 0 Å². The highest BCUT2D eigenvalue weighted by Gasteiger charge is 2.10. The molecular weight excluding hydrogens is 260 g/mol. The number of aromatic nitrogens is 2. The Balaban J connectivity index is 0.00000144. The van der Waals surface area contributed by atoms with Crippen molar-refractivity contribution in [2.45, 2.75) is 19.6 Å². The molecule has 0 aliphatic rings. The summed E-state index contributed by atoms with van der Waals surface area (Å²) in [5.41, 5.74) is 1.63. The summed E-state index contributed by atoms with van der Waals surface area (Å²) >= 11 is 0. The van der Waals surface area contributed by atoms with Crippen LogP contribution in [0.25, 0.3) is 11.0 Å². The highest BCUT2D eigenvalue weighted by Crippen LogP contribution is 2.16. The lowest BCUT2D eigenvalue weighted by molar-refractivity contribution is -0.137. The number of nitrogens with zero attached hydrogens (tertiary/aromatic N) is 2. The van der Waals surface area contributed by atoms with Crippen molar-refractivity contribution in [2.75, 3.05) is 0 Å². The van der Waals surface area contributed by atoms with Crippen molar-refractivity contribution in [1.82, 2.24) is 9.55 Å². The third-order valence-electron chi connectivity index (χ3n) is 2.42. The van der Waals surface area contributed by atoms with E-state index in [1.807, 2.05) is 24.3 Å². The molecule has 0 aliphatic carbocycles. The van der Waals surface area contributed by atoms with E-state index in [1.165, 1.54) is 0 Å². The van der Waals surface area contributed by atoms with Gasteiger partial charge in [0.1, 0.15) is 12.4 Å². The molecule has 1 aromatic carbocycles. The Morgan fingerprint density at radius 2 is 2.00 bits per heavy atom. The first-order chi connectivity index (χ1) is 7.72. The zero-order chi connectivity index (χ0) is 11.5. The summed E-state index contributed by atoms with van der Waals surface area (Å²) in [6, 6.07) is 7.43. The van der Waals surface area contributed by atoms with Crippen LogP contribution in [0.3, 0.4) is 0 Å². The monoisotopic (exact) mass is 274 g/mol. The van der Waals surface area contributed by atoms with Gasteiger partial charge in [-0.2, -0.15) is 0 Å². The third-order valence-corrected chi connectivity index (χ3v) is 2.42. The standard InChI is InChI=1S/C11H12N2O3.ClH.H2O/c14-7-10-12-8-3-1-2-4-9(8)13(10)6-5-11(15)16;;/h1-4,14H,5-7H2,(H,15,16);1H;1H2. The van der Waals surface area contributed by atoms with Gasteiger partial charge in [0.2, 0.25) is 0 Å². The van der Waals surface area contributed by atoms with Crippen molar-refractivity contribution >= 4 is 29.4 Å². The van der Waals surface area contributed by atoms with E-state index in [0.717, 1.165) is 11.0 Å². The number of aliphatic hydroxyl groups excluding tert-OH is 1. The molecule has 0 saturated carbocycles. The number of halogens is 1. The second-order valence-electron chi connectivity index (χ2n) is 3.47. The van der Waals surface area contributed by atoms with Crippen molar-refractivity contribution in [2.24, 2.45) is 0 Å². The molecule has 6 nitrogen and oxygen atoms in total. The van der Waals surface area contributed by atoms with E-state index in [-0.39, 0.29) is 30.9 Å². The minimum atomic E-state index is -0.860. The summed E-state index contributed by atoms with van der Waals surface area (Å²) in [6.45, 7) is 0.139. The molecule has 0 fully saturated rings. The fourth-order valence-corrected chi connectivity index (χ4v) is 1.70. The lowest BCUT2D eigenvalue weighted by Gasteiger charge is -2.05. The number of carboxylic acid groups (broad SMARTS) is 1. The number of para-hydroxylation sites is 2. The minimum absolute atomic E-state index is 0. The van der Waals surface area contributed by atoms with Gasteiger partial charge in [-0.3, -0.25) is 4.79 Å². The number of aliphatic hydroxyl groups is 1. The lowest BCUT2D eigenvalue weighted by atomic mass is 10.3. The van der Waals surface area contributed by atoms with Crippen LogP contribution in [0.4, 0.5) is 0 Å². The van der Waals surface area contributed by atoms with Crippen molar-refractivity contribution < 1.29 is 20.5 Å². The van der Waals surface area contributed by atoms with E-state index in [2.05, 4.69) is 4.98 Å². The van der Waals surface area contributed by atoms with E-state index < -0.39 is 5.97 Å². The Morgan fingerprint density at radius 3 is 2.61 bits per heavy atom. The van der Waals surface area contributed by atoms with Crippen LogP contribution in [0, 0.1) is 0 Å². The average molecular weight is 275 g/mol. The Kier molecular flexibility index (Phi) is 6.32. The fraction of sp³-hybridized carbons (Fsp3) is 0.273. The van der Waals surface area contributed by atoms with Crippen LogP contribution in [0.5, 0.6) is 0 Å². The fourth-order valence-electron chi connectivity index (χ4n) is 1.70. The zero-order valence-corrected chi connectivity index (χ0v) is 10.4. The molecule has 0 unspecified atom stereocenters. The van der Waals surface area contributed by atoms with E-state index in [4.69, 9.17) is 10.2 Å². The number of aliphatic carboxylic acids is 1. The van der Waals surface area contributed by atoms with E-state index >= 15 is 0 Å². The molecule has 0 bridgehead atoms. The number of rotatable bonds is 4. The number of hydrogen-bond donors (Lipinski definition) is 2. The van der Waals surface area contributed by atoms with Crippen molar-refractivity contribution in [3.63, 3.8) is 0 Å². The number of fused-ring (bicyclic) bond motifs is 1. The summed E-state index contributed by atoms with van der Waals surface area (Å²) < 4.78 is 1.74. The quantitative estimate of drug-likeness (QED) is 0.851. The normalized spacial score (nSPS) is 9.61. The second kappa shape index (κ2) is 6.95. The first kappa shape index (κ1) is 16.4. The van der Waals surface area contributed by atoms with Gasteiger partial charge in [0.25, 0.3) is 0 Å². The third kappa shape index (κ3) is 3.19. The highest BCUT2D eigenvalue weighted by molar-refractivity contribution is 5.85. The molecule has 0 amide bonds. The van der Waals surface area contributed by atoms with Crippen LogP contribution in [-0.2, 0) is 17.9 Å². The Hall–Kier alpha value is -1.63. The number of benzene rings is 1. The maximum absolute atomic E-state index is 10.5. The molecule has 2 rings (SSSR count). The summed E-state index contributed by atoms with van der Waals surface area (Å²) in [7, 11) is 0. The van der Waals surface area contributed by atoms with Gasteiger partial charge in [-0.15, -0.1) is 12.4 Å². The molecule has 100 valence electrons. The van der Waals surface area contributed by atoms with Crippen LogP contribution >= 0.6 is 12.4 Å². The number of carbonyl (C=O) groups is 1. The highest BCUT2D eigenvalue weighted by atomic mass is 35.5. The number of carboxylic acids is 1. The molecule has 0 saturated heterocycles. The molecule has 2 aromatic rings.